The Balaban J connectivity index is 0.00000154. The van der Waals surface area contributed by atoms with Gasteiger partial charge in [-0.2, -0.15) is 9.97 Å². The summed E-state index contributed by atoms with van der Waals surface area (Å²) < 4.78 is 1.56. The molecule has 3 aromatic rings. The van der Waals surface area contributed by atoms with Crippen LogP contribution in [0.2, 0.25) is 0 Å². The molecule has 0 aliphatic heterocycles. The van der Waals surface area contributed by atoms with Crippen LogP contribution in [0.4, 0.5) is 34.9 Å². The highest BCUT2D eigenvalue weighted by molar-refractivity contribution is 9.11. The van der Waals surface area contributed by atoms with Crippen molar-refractivity contribution in [3.8, 4) is 0 Å². The maximum Gasteiger partial charge on any atom is 0.229 e. The zero-order valence-electron chi connectivity index (χ0n) is 21.7. The predicted octanol–water partition coefficient (Wildman–Crippen LogP) is 7.34. The molecular weight excluding hydrogens is 588 g/mol. The van der Waals surface area contributed by atoms with Crippen molar-refractivity contribution in [2.75, 3.05) is 41.0 Å². The Labute approximate surface area is 231 Å². The molecule has 0 amide bonds. The molecule has 0 aliphatic rings. The summed E-state index contributed by atoms with van der Waals surface area (Å²) in [6.45, 7) is 11.5. The lowest BCUT2D eigenvalue weighted by molar-refractivity contribution is 0.311. The number of aromatic nitrogens is 4. The van der Waals surface area contributed by atoms with Crippen LogP contribution in [-0.4, -0.2) is 44.7 Å². The van der Waals surface area contributed by atoms with Crippen molar-refractivity contribution >= 4 is 66.8 Å². The molecule has 0 spiro atoms. The minimum absolute atomic E-state index is 0.0200. The summed E-state index contributed by atoms with van der Waals surface area (Å²) in [6.07, 6.45) is 6.86. The summed E-state index contributed by atoms with van der Waals surface area (Å²) >= 11 is 6.89. The molecule has 2 aromatic heterocycles. The van der Waals surface area contributed by atoms with E-state index in [1.807, 2.05) is 52.0 Å². The Morgan fingerprint density at radius 3 is 1.58 bits per heavy atom. The molecule has 0 saturated heterocycles. The van der Waals surface area contributed by atoms with Crippen molar-refractivity contribution in [1.29, 1.82) is 0 Å². The van der Waals surface area contributed by atoms with Crippen molar-refractivity contribution in [3.05, 3.63) is 45.6 Å². The lowest BCUT2D eigenvalue weighted by atomic mass is 10.2. The summed E-state index contributed by atoms with van der Waals surface area (Å²) in [5.41, 5.74) is 1.69. The van der Waals surface area contributed by atoms with E-state index in [4.69, 9.17) is 5.11 Å². The fourth-order valence-electron chi connectivity index (χ4n) is 2.75. The number of aliphatic hydroxyl groups excluding tert-OH is 1. The molecule has 0 fully saturated rings. The summed E-state index contributed by atoms with van der Waals surface area (Å²) in [5.74, 6) is 2.35. The van der Waals surface area contributed by atoms with E-state index < -0.39 is 0 Å². The molecule has 5 N–H and O–H groups in total. The molecule has 3 rings (SSSR count). The van der Waals surface area contributed by atoms with Gasteiger partial charge >= 0.3 is 0 Å². The van der Waals surface area contributed by atoms with Gasteiger partial charge in [0.2, 0.25) is 11.9 Å². The fraction of sp³-hybridized carbons (Fsp3) is 0.440. The first-order valence-electron chi connectivity index (χ1n) is 12.4. The quantitative estimate of drug-likeness (QED) is 0.132. The van der Waals surface area contributed by atoms with Gasteiger partial charge in [0.25, 0.3) is 0 Å². The Kier molecular flexibility index (Phi) is 16.4. The van der Waals surface area contributed by atoms with E-state index in [2.05, 4.69) is 80.0 Å². The monoisotopic (exact) mass is 624 g/mol. The van der Waals surface area contributed by atoms with Gasteiger partial charge in [0.15, 0.2) is 0 Å². The normalized spacial score (nSPS) is 9.78. The average Bonchev–Trinajstić information content (AvgIpc) is 2.92. The molecular formula is C25H38Br2N8O. The molecule has 11 heteroatoms. The zero-order valence-corrected chi connectivity index (χ0v) is 24.9. The number of benzene rings is 1. The number of anilines is 6. The number of nitrogens with one attached hydrogen (secondary N) is 4. The molecule has 0 saturated carbocycles. The highest BCUT2D eigenvalue weighted by Gasteiger charge is 2.07. The number of rotatable bonds is 12. The van der Waals surface area contributed by atoms with Gasteiger partial charge in [-0.15, -0.1) is 0 Å². The van der Waals surface area contributed by atoms with E-state index in [9.17, 15) is 0 Å². The number of nitrogens with zero attached hydrogens (tertiary/aromatic N) is 4. The molecule has 9 nitrogen and oxygen atoms in total. The predicted molar refractivity (Wildman–Crippen MR) is 159 cm³/mol. The molecule has 2 heterocycles. The second-order valence-corrected chi connectivity index (χ2v) is 8.60. The minimum atomic E-state index is 0.0200. The number of hydrogen-bond donors (Lipinski definition) is 5. The third-order valence-electron chi connectivity index (χ3n) is 4.36. The van der Waals surface area contributed by atoms with Crippen molar-refractivity contribution in [2.24, 2.45) is 0 Å². The Hall–Kier alpha value is -2.50. The number of aliphatic hydroxyl groups is 1. The third-order valence-corrected chi connectivity index (χ3v) is 5.52. The van der Waals surface area contributed by atoms with Crippen LogP contribution in [0.25, 0.3) is 0 Å². The van der Waals surface area contributed by atoms with Crippen molar-refractivity contribution in [1.82, 2.24) is 19.9 Å². The van der Waals surface area contributed by atoms with E-state index in [0.717, 1.165) is 39.1 Å². The van der Waals surface area contributed by atoms with Crippen LogP contribution in [-0.2, 0) is 0 Å². The lowest BCUT2D eigenvalue weighted by Gasteiger charge is -2.11. The Morgan fingerprint density at radius 2 is 1.17 bits per heavy atom. The molecule has 36 heavy (non-hydrogen) atoms. The van der Waals surface area contributed by atoms with Crippen molar-refractivity contribution < 1.29 is 5.11 Å². The number of halogens is 2. The first-order chi connectivity index (χ1) is 17.6. The van der Waals surface area contributed by atoms with Gasteiger partial charge in [-0.25, -0.2) is 9.97 Å². The van der Waals surface area contributed by atoms with E-state index in [1.54, 1.807) is 12.4 Å². The fourth-order valence-corrected chi connectivity index (χ4v) is 3.42. The highest BCUT2D eigenvalue weighted by Crippen LogP contribution is 2.24. The second kappa shape index (κ2) is 18.7. The Bertz CT molecular complexity index is 1010. The van der Waals surface area contributed by atoms with Crippen LogP contribution in [0.15, 0.2) is 45.6 Å². The lowest BCUT2D eigenvalue weighted by Crippen LogP contribution is -2.09. The van der Waals surface area contributed by atoms with Crippen LogP contribution in [0.3, 0.4) is 0 Å². The van der Waals surface area contributed by atoms with Gasteiger partial charge in [-0.3, -0.25) is 0 Å². The highest BCUT2D eigenvalue weighted by atomic mass is 79.9. The summed E-state index contributed by atoms with van der Waals surface area (Å²) in [4.78, 5) is 17.6. The minimum Gasteiger partial charge on any atom is -0.395 e. The van der Waals surface area contributed by atoms with Crippen LogP contribution in [0.5, 0.6) is 0 Å². The molecule has 198 valence electrons. The van der Waals surface area contributed by atoms with Gasteiger partial charge in [-0.05, 0) is 62.5 Å². The maximum absolute atomic E-state index is 8.98. The molecule has 0 aliphatic carbocycles. The van der Waals surface area contributed by atoms with Gasteiger partial charge in [0.05, 0.1) is 15.6 Å². The Morgan fingerprint density at radius 1 is 0.722 bits per heavy atom. The second-order valence-electron chi connectivity index (χ2n) is 6.89. The summed E-state index contributed by atoms with van der Waals surface area (Å²) in [5, 5.41) is 21.8. The SMILES string of the molecule is CC.CC.CCCCCNc1nc(Nc2ccc(Nc3ncc(Br)c(NCCO)n3)cc2)ncc1Br. The van der Waals surface area contributed by atoms with Crippen LogP contribution in [0, 0.1) is 0 Å². The van der Waals surface area contributed by atoms with E-state index in [0.29, 0.717) is 24.3 Å². The van der Waals surface area contributed by atoms with Gasteiger partial charge in [0, 0.05) is 36.9 Å². The van der Waals surface area contributed by atoms with E-state index >= 15 is 0 Å². The van der Waals surface area contributed by atoms with Crippen molar-refractivity contribution in [3.63, 3.8) is 0 Å². The summed E-state index contributed by atoms with van der Waals surface area (Å²) in [6, 6.07) is 7.67. The number of unbranched alkanes of at least 4 members (excludes halogenated alkanes) is 2. The zero-order chi connectivity index (χ0) is 26.8. The van der Waals surface area contributed by atoms with Crippen LogP contribution < -0.4 is 21.3 Å². The molecule has 1 aromatic carbocycles. The maximum atomic E-state index is 8.98. The first-order valence-corrected chi connectivity index (χ1v) is 14.0. The third kappa shape index (κ3) is 11.0. The molecule has 0 radical (unpaired) electrons. The van der Waals surface area contributed by atoms with Gasteiger partial charge in [-0.1, -0.05) is 47.5 Å². The van der Waals surface area contributed by atoms with Crippen LogP contribution >= 0.6 is 31.9 Å². The molecule has 0 unspecified atom stereocenters. The molecule has 0 atom stereocenters. The largest absolute Gasteiger partial charge is 0.395 e. The standard InChI is InChI=1S/C21H26Br2N8O.2C2H6/c1-2-3-4-9-24-18-16(22)12-26-20(30-18)28-14-5-7-15(8-6-14)29-21-27-13-17(23)19(31-21)25-10-11-32;2*1-2/h5-8,12-13,32H,2-4,9-11H2,1H3,(H2,24,26,28,30)(H2,25,27,29,31);2*1-2H3. The average molecular weight is 626 g/mol. The van der Waals surface area contributed by atoms with Gasteiger partial charge in [0.1, 0.15) is 11.6 Å². The number of hydrogen-bond acceptors (Lipinski definition) is 9. The van der Waals surface area contributed by atoms with Gasteiger partial charge < -0.3 is 26.4 Å². The molecule has 0 bridgehead atoms. The smallest absolute Gasteiger partial charge is 0.229 e. The van der Waals surface area contributed by atoms with E-state index in [-0.39, 0.29) is 6.61 Å². The van der Waals surface area contributed by atoms with E-state index in [1.165, 1.54) is 12.8 Å². The topological polar surface area (TPSA) is 120 Å². The van der Waals surface area contributed by atoms with Crippen molar-refractivity contribution in [2.45, 2.75) is 53.9 Å². The first kappa shape index (κ1) is 31.5. The summed E-state index contributed by atoms with van der Waals surface area (Å²) in [7, 11) is 0. The van der Waals surface area contributed by atoms with Crippen LogP contribution in [0.1, 0.15) is 53.9 Å².